The minimum absolute atomic E-state index is 0.688. The first-order valence-corrected chi connectivity index (χ1v) is 6.20. The van der Waals surface area contributed by atoms with E-state index < -0.39 is 0 Å². The minimum atomic E-state index is 0.688. The fourth-order valence-corrected chi connectivity index (χ4v) is 2.40. The Bertz CT molecular complexity index is 113. The molecule has 2 aliphatic rings. The van der Waals surface area contributed by atoms with E-state index in [4.69, 9.17) is 0 Å². The fourth-order valence-electron chi connectivity index (χ4n) is 2.40. The molecular weight excluding hydrogens is 172 g/mol. The third kappa shape index (κ3) is 3.58. The molecule has 0 aromatic carbocycles. The third-order valence-electron chi connectivity index (χ3n) is 2.77. The van der Waals surface area contributed by atoms with E-state index in [0.717, 1.165) is 0 Å². The molecule has 0 aromatic heterocycles. The summed E-state index contributed by atoms with van der Waals surface area (Å²) in [5.74, 6) is 0. The lowest BCUT2D eigenvalue weighted by Crippen LogP contribution is -2.60. The highest BCUT2D eigenvalue weighted by molar-refractivity contribution is 4.96. The Morgan fingerprint density at radius 2 is 1.64 bits per heavy atom. The van der Waals surface area contributed by atoms with Crippen molar-refractivity contribution in [2.24, 2.45) is 5.41 Å². The zero-order chi connectivity index (χ0) is 11.0. The number of nitrogens with zero attached hydrogens (tertiary/aromatic N) is 1. The molecule has 1 spiro atoms. The summed E-state index contributed by atoms with van der Waals surface area (Å²) in [6, 6.07) is 0. The first-order chi connectivity index (χ1) is 6.81. The van der Waals surface area contributed by atoms with Crippen LogP contribution in [0.1, 0.15) is 40.5 Å². The van der Waals surface area contributed by atoms with E-state index in [9.17, 15) is 0 Å². The van der Waals surface area contributed by atoms with E-state index in [0.29, 0.717) is 5.41 Å². The van der Waals surface area contributed by atoms with Crippen molar-refractivity contribution in [3.63, 3.8) is 0 Å². The van der Waals surface area contributed by atoms with Crippen LogP contribution in [-0.2, 0) is 0 Å². The quantitative estimate of drug-likeness (QED) is 0.646. The van der Waals surface area contributed by atoms with Gasteiger partial charge in [-0.05, 0) is 26.4 Å². The molecule has 0 saturated carbocycles. The molecule has 2 aliphatic heterocycles. The van der Waals surface area contributed by atoms with Gasteiger partial charge in [0.1, 0.15) is 0 Å². The monoisotopic (exact) mass is 200 g/mol. The van der Waals surface area contributed by atoms with Crippen LogP contribution in [-0.4, -0.2) is 38.1 Å². The Kier molecular flexibility index (Phi) is 7.20. The van der Waals surface area contributed by atoms with E-state index in [-0.39, 0.29) is 0 Å². The zero-order valence-electron chi connectivity index (χ0n) is 10.7. The van der Waals surface area contributed by atoms with Gasteiger partial charge in [-0.3, -0.25) is 0 Å². The summed E-state index contributed by atoms with van der Waals surface area (Å²) in [5.41, 5.74) is 0.688. The maximum absolute atomic E-state index is 3.47. The van der Waals surface area contributed by atoms with Gasteiger partial charge in [-0.2, -0.15) is 0 Å². The van der Waals surface area contributed by atoms with Crippen LogP contribution in [0.5, 0.6) is 0 Å². The summed E-state index contributed by atoms with van der Waals surface area (Å²) in [5, 5.41) is 3.47. The smallest absolute Gasteiger partial charge is 0.00825 e. The first kappa shape index (κ1) is 13.9. The zero-order valence-corrected chi connectivity index (χ0v) is 10.7. The van der Waals surface area contributed by atoms with Gasteiger partial charge in [0.25, 0.3) is 0 Å². The topological polar surface area (TPSA) is 15.3 Å². The van der Waals surface area contributed by atoms with Crippen LogP contribution < -0.4 is 5.32 Å². The highest BCUT2D eigenvalue weighted by atomic mass is 15.2. The van der Waals surface area contributed by atoms with Gasteiger partial charge < -0.3 is 10.2 Å². The molecule has 2 nitrogen and oxygen atoms in total. The Hall–Kier alpha value is -0.0800. The molecule has 0 aromatic rings. The van der Waals surface area contributed by atoms with E-state index >= 15 is 0 Å². The van der Waals surface area contributed by atoms with Gasteiger partial charge in [-0.1, -0.05) is 27.7 Å². The maximum atomic E-state index is 3.47. The molecule has 2 rings (SSSR count). The van der Waals surface area contributed by atoms with E-state index in [1.165, 1.54) is 39.0 Å². The second kappa shape index (κ2) is 7.24. The lowest BCUT2D eigenvalue weighted by Gasteiger charge is -2.51. The normalized spacial score (nSPS) is 23.8. The van der Waals surface area contributed by atoms with Gasteiger partial charge in [0.15, 0.2) is 0 Å². The Labute approximate surface area is 90.1 Å². The van der Waals surface area contributed by atoms with Crippen LogP contribution in [0.15, 0.2) is 0 Å². The van der Waals surface area contributed by atoms with E-state index in [2.05, 4.69) is 17.3 Å². The van der Waals surface area contributed by atoms with Crippen LogP contribution in [0.2, 0.25) is 0 Å². The van der Waals surface area contributed by atoms with Crippen molar-refractivity contribution in [1.82, 2.24) is 10.2 Å². The highest BCUT2D eigenvalue weighted by Gasteiger charge is 2.41. The number of nitrogens with one attached hydrogen (secondary N) is 1. The Morgan fingerprint density at radius 3 is 2.00 bits per heavy atom. The van der Waals surface area contributed by atoms with Crippen molar-refractivity contribution in [1.29, 1.82) is 0 Å². The van der Waals surface area contributed by atoms with Gasteiger partial charge in [0.05, 0.1) is 0 Å². The number of hydrogen-bond donors (Lipinski definition) is 1. The number of rotatable bonds is 0. The van der Waals surface area contributed by atoms with Crippen LogP contribution in [0.4, 0.5) is 0 Å². The van der Waals surface area contributed by atoms with Crippen molar-refractivity contribution in [2.45, 2.75) is 40.5 Å². The van der Waals surface area contributed by atoms with Gasteiger partial charge in [0, 0.05) is 25.0 Å². The summed E-state index contributed by atoms with van der Waals surface area (Å²) in [6.45, 7) is 13.1. The molecule has 86 valence electrons. The van der Waals surface area contributed by atoms with Gasteiger partial charge in [0.2, 0.25) is 0 Å². The largest absolute Gasteiger partial charge is 0.316 e. The number of likely N-dealkylation sites (tertiary alicyclic amines) is 1. The number of piperidine rings is 1. The molecule has 2 heterocycles. The molecule has 0 unspecified atom stereocenters. The van der Waals surface area contributed by atoms with Gasteiger partial charge in [-0.15, -0.1) is 0 Å². The summed E-state index contributed by atoms with van der Waals surface area (Å²) in [4.78, 5) is 2.41. The first-order valence-electron chi connectivity index (χ1n) is 6.20. The SMILES string of the molecule is CC.CC.CN1CC2(CCCNC2)C1. The van der Waals surface area contributed by atoms with Gasteiger partial charge >= 0.3 is 0 Å². The molecule has 0 bridgehead atoms. The molecular formula is C12H28N2. The van der Waals surface area contributed by atoms with Crippen LogP contribution in [0.3, 0.4) is 0 Å². The molecule has 0 atom stereocenters. The Morgan fingerprint density at radius 1 is 1.07 bits per heavy atom. The van der Waals surface area contributed by atoms with Crippen LogP contribution >= 0.6 is 0 Å². The Balaban J connectivity index is 0.000000379. The molecule has 0 amide bonds. The van der Waals surface area contributed by atoms with Crippen molar-refractivity contribution < 1.29 is 0 Å². The minimum Gasteiger partial charge on any atom is -0.316 e. The summed E-state index contributed by atoms with van der Waals surface area (Å²) >= 11 is 0. The van der Waals surface area contributed by atoms with E-state index in [1.54, 1.807) is 0 Å². The average Bonchev–Trinajstić information content (AvgIpc) is 2.23. The highest BCUT2D eigenvalue weighted by Crippen LogP contribution is 2.34. The second-order valence-electron chi connectivity index (χ2n) is 3.95. The van der Waals surface area contributed by atoms with Crippen molar-refractivity contribution in [2.75, 3.05) is 33.2 Å². The summed E-state index contributed by atoms with van der Waals surface area (Å²) < 4.78 is 0. The molecule has 2 fully saturated rings. The summed E-state index contributed by atoms with van der Waals surface area (Å²) in [6.07, 6.45) is 2.83. The average molecular weight is 200 g/mol. The second-order valence-corrected chi connectivity index (χ2v) is 3.95. The van der Waals surface area contributed by atoms with Crippen molar-refractivity contribution in [3.05, 3.63) is 0 Å². The molecule has 0 radical (unpaired) electrons. The van der Waals surface area contributed by atoms with Crippen LogP contribution in [0, 0.1) is 5.41 Å². The molecule has 14 heavy (non-hydrogen) atoms. The predicted octanol–water partition coefficient (Wildman–Crippen LogP) is 2.35. The maximum Gasteiger partial charge on any atom is 0.00825 e. The molecule has 0 aliphatic carbocycles. The standard InChI is InChI=1S/C8H16N2.2C2H6/c1-10-6-8(7-10)3-2-4-9-5-8;2*1-2/h9H,2-7H2,1H3;2*1-2H3. The third-order valence-corrected chi connectivity index (χ3v) is 2.77. The summed E-state index contributed by atoms with van der Waals surface area (Å²) in [7, 11) is 2.21. The van der Waals surface area contributed by atoms with Gasteiger partial charge in [-0.25, -0.2) is 0 Å². The fraction of sp³-hybridized carbons (Fsp3) is 1.00. The lowest BCUT2D eigenvalue weighted by molar-refractivity contribution is 0.00201. The molecule has 2 saturated heterocycles. The molecule has 1 N–H and O–H groups in total. The lowest BCUT2D eigenvalue weighted by atomic mass is 9.74. The number of hydrogen-bond acceptors (Lipinski definition) is 2. The van der Waals surface area contributed by atoms with Crippen molar-refractivity contribution in [3.8, 4) is 0 Å². The van der Waals surface area contributed by atoms with Crippen LogP contribution in [0.25, 0.3) is 0 Å². The predicted molar refractivity (Wildman–Crippen MR) is 64.7 cm³/mol. The van der Waals surface area contributed by atoms with Crippen molar-refractivity contribution >= 4 is 0 Å². The van der Waals surface area contributed by atoms with E-state index in [1.807, 2.05) is 27.7 Å². The molecule has 2 heteroatoms.